The lowest BCUT2D eigenvalue weighted by Gasteiger charge is -2.24. The summed E-state index contributed by atoms with van der Waals surface area (Å²) in [5, 5.41) is 14.4. The molecule has 1 saturated heterocycles. The third kappa shape index (κ3) is 3.02. The van der Waals surface area contributed by atoms with Gasteiger partial charge < -0.3 is 10.0 Å². The molecule has 6 heteroatoms. The summed E-state index contributed by atoms with van der Waals surface area (Å²) >= 11 is 3.24. The molecule has 3 heterocycles. The fraction of sp³-hybridized carbons (Fsp3) is 0.467. The first-order valence-corrected chi connectivity index (χ1v) is 8.83. The quantitative estimate of drug-likeness (QED) is 0.941. The van der Waals surface area contributed by atoms with Crippen molar-refractivity contribution in [3.63, 3.8) is 0 Å². The van der Waals surface area contributed by atoms with Crippen LogP contribution in [-0.4, -0.2) is 40.1 Å². The van der Waals surface area contributed by atoms with E-state index in [9.17, 15) is 9.90 Å². The fourth-order valence-electron chi connectivity index (χ4n) is 2.75. The highest BCUT2D eigenvalue weighted by Crippen LogP contribution is 2.29. The van der Waals surface area contributed by atoms with E-state index in [0.717, 1.165) is 28.5 Å². The van der Waals surface area contributed by atoms with Crippen LogP contribution >= 0.6 is 22.7 Å². The van der Waals surface area contributed by atoms with Gasteiger partial charge >= 0.3 is 0 Å². The van der Waals surface area contributed by atoms with Crippen molar-refractivity contribution in [2.45, 2.75) is 25.8 Å². The van der Waals surface area contributed by atoms with E-state index >= 15 is 0 Å². The van der Waals surface area contributed by atoms with Gasteiger partial charge in [0.15, 0.2) is 0 Å². The van der Waals surface area contributed by atoms with Crippen molar-refractivity contribution in [1.29, 1.82) is 0 Å². The number of amides is 1. The SMILES string of the molecule is CC1CCN(C(=O)Cc2csc(-c3cccs3)n2)C1CO. The molecule has 0 saturated carbocycles. The minimum atomic E-state index is -0.0343. The molecule has 2 aromatic heterocycles. The minimum absolute atomic E-state index is 0.0343. The Morgan fingerprint density at radius 3 is 3.10 bits per heavy atom. The molecule has 0 aromatic carbocycles. The van der Waals surface area contributed by atoms with Gasteiger partial charge in [-0.3, -0.25) is 4.79 Å². The number of aliphatic hydroxyl groups excluding tert-OH is 1. The van der Waals surface area contributed by atoms with Crippen molar-refractivity contribution in [1.82, 2.24) is 9.88 Å². The van der Waals surface area contributed by atoms with Crippen molar-refractivity contribution >= 4 is 28.6 Å². The lowest BCUT2D eigenvalue weighted by molar-refractivity contribution is -0.132. The molecule has 112 valence electrons. The zero-order valence-electron chi connectivity index (χ0n) is 11.9. The van der Waals surface area contributed by atoms with Crippen molar-refractivity contribution in [2.24, 2.45) is 5.92 Å². The van der Waals surface area contributed by atoms with Gasteiger partial charge in [0.05, 0.1) is 29.6 Å². The van der Waals surface area contributed by atoms with Gasteiger partial charge in [0.1, 0.15) is 5.01 Å². The first kappa shape index (κ1) is 14.7. The molecule has 2 atom stereocenters. The lowest BCUT2D eigenvalue weighted by atomic mass is 10.0. The molecule has 0 bridgehead atoms. The number of aliphatic hydroxyl groups is 1. The highest BCUT2D eigenvalue weighted by Gasteiger charge is 2.33. The molecule has 2 aromatic rings. The molecule has 1 fully saturated rings. The highest BCUT2D eigenvalue weighted by molar-refractivity contribution is 7.20. The van der Waals surface area contributed by atoms with Gasteiger partial charge in [-0.25, -0.2) is 4.98 Å². The Bertz CT molecular complexity index is 609. The Balaban J connectivity index is 1.68. The third-order valence-corrected chi connectivity index (χ3v) is 5.94. The largest absolute Gasteiger partial charge is 0.394 e. The maximum atomic E-state index is 12.4. The molecule has 0 radical (unpaired) electrons. The molecule has 0 aliphatic carbocycles. The number of nitrogens with zero attached hydrogens (tertiary/aromatic N) is 2. The van der Waals surface area contributed by atoms with Crippen molar-refractivity contribution < 1.29 is 9.90 Å². The van der Waals surface area contributed by atoms with Gasteiger partial charge in [-0.1, -0.05) is 13.0 Å². The summed E-state index contributed by atoms with van der Waals surface area (Å²) in [6.07, 6.45) is 1.29. The number of aromatic nitrogens is 1. The highest BCUT2D eigenvalue weighted by atomic mass is 32.1. The summed E-state index contributed by atoms with van der Waals surface area (Å²) in [4.78, 5) is 19.9. The summed E-state index contributed by atoms with van der Waals surface area (Å²) in [7, 11) is 0. The van der Waals surface area contributed by atoms with Crippen molar-refractivity contribution in [3.05, 3.63) is 28.6 Å². The Hall–Kier alpha value is -1.24. The molecule has 1 aliphatic heterocycles. The van der Waals surface area contributed by atoms with Crippen LogP contribution in [0.15, 0.2) is 22.9 Å². The molecule has 1 N–H and O–H groups in total. The number of likely N-dealkylation sites (tertiary alicyclic amines) is 1. The molecule has 2 unspecified atom stereocenters. The van der Waals surface area contributed by atoms with Gasteiger partial charge in [-0.15, -0.1) is 22.7 Å². The summed E-state index contributed by atoms with van der Waals surface area (Å²) in [5.74, 6) is 0.442. The van der Waals surface area contributed by atoms with E-state index in [-0.39, 0.29) is 18.6 Å². The maximum Gasteiger partial charge on any atom is 0.228 e. The predicted molar refractivity (Wildman–Crippen MR) is 85.5 cm³/mol. The Kier molecular flexibility index (Phi) is 4.37. The lowest BCUT2D eigenvalue weighted by Crippen LogP contribution is -2.40. The van der Waals surface area contributed by atoms with E-state index in [2.05, 4.69) is 11.9 Å². The number of thiazole rings is 1. The average Bonchev–Trinajstić information content (AvgIpc) is 3.17. The monoisotopic (exact) mass is 322 g/mol. The topological polar surface area (TPSA) is 53.4 Å². The van der Waals surface area contributed by atoms with Crippen LogP contribution in [0.25, 0.3) is 9.88 Å². The van der Waals surface area contributed by atoms with Crippen molar-refractivity contribution in [3.8, 4) is 9.88 Å². The second-order valence-electron chi connectivity index (χ2n) is 5.40. The summed E-state index contributed by atoms with van der Waals surface area (Å²) in [6.45, 7) is 2.88. The minimum Gasteiger partial charge on any atom is -0.394 e. The Morgan fingerprint density at radius 1 is 1.52 bits per heavy atom. The molecule has 21 heavy (non-hydrogen) atoms. The smallest absolute Gasteiger partial charge is 0.228 e. The van der Waals surface area contributed by atoms with Crippen molar-refractivity contribution in [2.75, 3.05) is 13.2 Å². The van der Waals surface area contributed by atoms with Crippen LogP contribution in [0.5, 0.6) is 0 Å². The third-order valence-electron chi connectivity index (χ3n) is 4.01. The van der Waals surface area contributed by atoms with Crippen LogP contribution in [0.3, 0.4) is 0 Å². The Morgan fingerprint density at radius 2 is 2.38 bits per heavy atom. The van der Waals surface area contributed by atoms with E-state index in [0.29, 0.717) is 12.3 Å². The first-order valence-electron chi connectivity index (χ1n) is 7.07. The van der Waals surface area contributed by atoms with Gasteiger partial charge in [0.2, 0.25) is 5.91 Å². The molecular weight excluding hydrogens is 304 g/mol. The Labute approximate surface area is 132 Å². The molecule has 0 spiro atoms. The zero-order chi connectivity index (χ0) is 14.8. The normalized spacial score (nSPS) is 21.9. The molecule has 1 aliphatic rings. The van der Waals surface area contributed by atoms with Gasteiger partial charge in [-0.05, 0) is 23.8 Å². The summed E-state index contributed by atoms with van der Waals surface area (Å²) < 4.78 is 0. The first-order chi connectivity index (χ1) is 10.2. The van der Waals surface area contributed by atoms with E-state index in [1.165, 1.54) is 0 Å². The second-order valence-corrected chi connectivity index (χ2v) is 7.21. The number of carbonyl (C=O) groups is 1. The van der Waals surface area contributed by atoms with E-state index in [1.54, 1.807) is 22.7 Å². The number of carbonyl (C=O) groups excluding carboxylic acids is 1. The number of thiophene rings is 1. The number of hydrogen-bond acceptors (Lipinski definition) is 5. The van der Waals surface area contributed by atoms with Crippen LogP contribution in [0.1, 0.15) is 19.0 Å². The van der Waals surface area contributed by atoms with Gasteiger partial charge in [-0.2, -0.15) is 0 Å². The molecule has 3 rings (SSSR count). The van der Waals surface area contributed by atoms with E-state index in [4.69, 9.17) is 0 Å². The molecular formula is C15H18N2O2S2. The maximum absolute atomic E-state index is 12.4. The van der Waals surface area contributed by atoms with Crippen LogP contribution in [0, 0.1) is 5.92 Å². The standard InChI is InChI=1S/C15H18N2O2S2/c1-10-4-5-17(12(10)8-18)14(19)7-11-9-21-15(16-11)13-3-2-6-20-13/h2-3,6,9-10,12,18H,4-5,7-8H2,1H3. The van der Waals surface area contributed by atoms with Gasteiger partial charge in [0.25, 0.3) is 0 Å². The molecule has 1 amide bonds. The summed E-state index contributed by atoms with van der Waals surface area (Å²) in [5.41, 5.74) is 0.824. The zero-order valence-corrected chi connectivity index (χ0v) is 13.5. The molecule has 4 nitrogen and oxygen atoms in total. The van der Waals surface area contributed by atoms with E-state index in [1.807, 2.05) is 27.8 Å². The van der Waals surface area contributed by atoms with Gasteiger partial charge in [0, 0.05) is 11.9 Å². The number of rotatable bonds is 4. The van der Waals surface area contributed by atoms with Crippen LogP contribution in [-0.2, 0) is 11.2 Å². The fourth-order valence-corrected chi connectivity index (χ4v) is 4.39. The van der Waals surface area contributed by atoms with Crippen LogP contribution in [0.4, 0.5) is 0 Å². The number of hydrogen-bond donors (Lipinski definition) is 1. The van der Waals surface area contributed by atoms with Crippen LogP contribution < -0.4 is 0 Å². The van der Waals surface area contributed by atoms with Crippen LogP contribution in [0.2, 0.25) is 0 Å². The average molecular weight is 322 g/mol. The summed E-state index contributed by atoms with van der Waals surface area (Å²) in [6, 6.07) is 4.01. The second kappa shape index (κ2) is 6.25. The van der Waals surface area contributed by atoms with E-state index < -0.39 is 0 Å². The predicted octanol–water partition coefficient (Wildman–Crippen LogP) is 2.64.